The first kappa shape index (κ1) is 21.4. The molecule has 1 amide bonds. The Morgan fingerprint density at radius 3 is 2.77 bits per heavy atom. The van der Waals surface area contributed by atoms with Gasteiger partial charge in [0.1, 0.15) is 5.75 Å². The Balaban J connectivity index is 1.56. The van der Waals surface area contributed by atoms with Gasteiger partial charge in [-0.3, -0.25) is 4.79 Å². The molecule has 1 aromatic heterocycles. The van der Waals surface area contributed by atoms with Crippen molar-refractivity contribution in [3.8, 4) is 11.8 Å². The molecule has 3 rings (SSSR count). The maximum atomic E-state index is 12.7. The molecule has 0 bridgehead atoms. The largest absolute Gasteiger partial charge is 0.484 e. The highest BCUT2D eigenvalue weighted by molar-refractivity contribution is 7.99. The number of anilines is 1. The minimum absolute atomic E-state index is 0.125. The number of aromatic nitrogens is 2. The number of benzene rings is 2. The van der Waals surface area contributed by atoms with Crippen molar-refractivity contribution in [2.45, 2.75) is 32.1 Å². The first-order chi connectivity index (χ1) is 14.6. The standard InChI is InChI=1S/C22H22N4O3S/c1-16-9-10-17(2)19(13-16)28-14-20-24-25-22(29-20)30-15-21(27)26(12-6-11-23)18-7-4-3-5-8-18/h3-5,7-10,13H,6,12,14-15H2,1-2H3. The van der Waals surface area contributed by atoms with Crippen LogP contribution in [0.25, 0.3) is 0 Å². The van der Waals surface area contributed by atoms with Crippen LogP contribution in [0.3, 0.4) is 0 Å². The van der Waals surface area contributed by atoms with Crippen LogP contribution in [-0.4, -0.2) is 28.4 Å². The quantitative estimate of drug-likeness (QED) is 0.475. The SMILES string of the molecule is Cc1ccc(C)c(OCc2nnc(SCC(=O)N(CCC#N)c3ccccc3)o2)c1. The van der Waals surface area contributed by atoms with Crippen molar-refractivity contribution in [1.29, 1.82) is 5.26 Å². The summed E-state index contributed by atoms with van der Waals surface area (Å²) in [7, 11) is 0. The minimum atomic E-state index is -0.132. The predicted octanol–water partition coefficient (Wildman–Crippen LogP) is 4.30. The maximum Gasteiger partial charge on any atom is 0.277 e. The Bertz CT molecular complexity index is 1030. The van der Waals surface area contributed by atoms with Gasteiger partial charge in [0.25, 0.3) is 11.1 Å². The summed E-state index contributed by atoms with van der Waals surface area (Å²) >= 11 is 1.16. The van der Waals surface area contributed by atoms with Gasteiger partial charge in [-0.2, -0.15) is 5.26 Å². The molecule has 30 heavy (non-hydrogen) atoms. The average molecular weight is 423 g/mol. The molecule has 0 aliphatic rings. The van der Waals surface area contributed by atoms with Gasteiger partial charge in [-0.1, -0.05) is 42.1 Å². The minimum Gasteiger partial charge on any atom is -0.484 e. The second-order valence-corrected chi connectivity index (χ2v) is 7.52. The number of ether oxygens (including phenoxy) is 1. The highest BCUT2D eigenvalue weighted by atomic mass is 32.2. The molecule has 2 aromatic carbocycles. The molecule has 0 N–H and O–H groups in total. The van der Waals surface area contributed by atoms with Crippen molar-refractivity contribution in [3.63, 3.8) is 0 Å². The van der Waals surface area contributed by atoms with E-state index in [1.807, 2.05) is 62.4 Å². The Hall–Kier alpha value is -3.31. The summed E-state index contributed by atoms with van der Waals surface area (Å²) in [5, 5.41) is 17.1. The Kier molecular flexibility index (Phi) is 7.46. The molecule has 0 radical (unpaired) electrons. The molecule has 8 heteroatoms. The van der Waals surface area contributed by atoms with E-state index in [4.69, 9.17) is 14.4 Å². The monoisotopic (exact) mass is 422 g/mol. The zero-order valence-electron chi connectivity index (χ0n) is 16.9. The van der Waals surface area contributed by atoms with Crippen molar-refractivity contribution >= 4 is 23.4 Å². The number of nitriles is 1. The van der Waals surface area contributed by atoms with Gasteiger partial charge >= 0.3 is 0 Å². The number of aryl methyl sites for hydroxylation is 2. The Morgan fingerprint density at radius 1 is 1.20 bits per heavy atom. The number of thioether (sulfide) groups is 1. The molecule has 0 aliphatic heterocycles. The van der Waals surface area contributed by atoms with E-state index in [0.29, 0.717) is 17.7 Å². The summed E-state index contributed by atoms with van der Waals surface area (Å²) < 4.78 is 11.4. The van der Waals surface area contributed by atoms with E-state index in [1.165, 1.54) is 0 Å². The fraction of sp³-hybridized carbons (Fsp3) is 0.273. The van der Waals surface area contributed by atoms with E-state index in [9.17, 15) is 4.79 Å². The molecular weight excluding hydrogens is 400 g/mol. The lowest BCUT2D eigenvalue weighted by molar-refractivity contribution is -0.116. The highest BCUT2D eigenvalue weighted by Gasteiger charge is 2.17. The molecule has 0 aliphatic carbocycles. The molecule has 0 fully saturated rings. The Morgan fingerprint density at radius 2 is 2.00 bits per heavy atom. The number of hydrogen-bond donors (Lipinski definition) is 0. The summed E-state index contributed by atoms with van der Waals surface area (Å²) in [5.41, 5.74) is 2.89. The second-order valence-electron chi connectivity index (χ2n) is 6.60. The predicted molar refractivity (Wildman–Crippen MR) is 114 cm³/mol. The summed E-state index contributed by atoms with van der Waals surface area (Å²) in [6, 6.07) is 17.3. The number of nitrogens with zero attached hydrogens (tertiary/aromatic N) is 4. The second kappa shape index (κ2) is 10.5. The molecule has 0 saturated heterocycles. The van der Waals surface area contributed by atoms with E-state index in [-0.39, 0.29) is 24.7 Å². The van der Waals surface area contributed by atoms with Gasteiger partial charge in [0.05, 0.1) is 18.2 Å². The molecule has 0 atom stereocenters. The van der Waals surface area contributed by atoms with Gasteiger partial charge in [0.2, 0.25) is 5.91 Å². The summed E-state index contributed by atoms with van der Waals surface area (Å²) in [6.07, 6.45) is 0.256. The smallest absolute Gasteiger partial charge is 0.277 e. The number of amides is 1. The molecule has 3 aromatic rings. The topological polar surface area (TPSA) is 92.3 Å². The van der Waals surface area contributed by atoms with Gasteiger partial charge in [-0.15, -0.1) is 10.2 Å². The maximum absolute atomic E-state index is 12.7. The number of carbonyl (C=O) groups excluding carboxylic acids is 1. The Labute approximate surface area is 179 Å². The van der Waals surface area contributed by atoms with Crippen molar-refractivity contribution in [2.75, 3.05) is 17.2 Å². The number of rotatable bonds is 9. The molecule has 7 nitrogen and oxygen atoms in total. The van der Waals surface area contributed by atoms with Gasteiger partial charge in [-0.25, -0.2) is 0 Å². The third-order valence-corrected chi connectivity index (χ3v) is 5.08. The van der Waals surface area contributed by atoms with Crippen molar-refractivity contribution in [2.24, 2.45) is 0 Å². The van der Waals surface area contributed by atoms with Crippen LogP contribution in [0.2, 0.25) is 0 Å². The van der Waals surface area contributed by atoms with E-state index < -0.39 is 0 Å². The summed E-state index contributed by atoms with van der Waals surface area (Å²) in [5.74, 6) is 1.11. The summed E-state index contributed by atoms with van der Waals surface area (Å²) in [4.78, 5) is 14.3. The van der Waals surface area contributed by atoms with E-state index >= 15 is 0 Å². The highest BCUT2D eigenvalue weighted by Crippen LogP contribution is 2.22. The van der Waals surface area contributed by atoms with Crippen LogP contribution < -0.4 is 9.64 Å². The molecule has 154 valence electrons. The molecular formula is C22H22N4O3S. The van der Waals surface area contributed by atoms with Crippen LogP contribution in [0, 0.1) is 25.2 Å². The number of para-hydroxylation sites is 1. The van der Waals surface area contributed by atoms with Crippen molar-refractivity contribution in [1.82, 2.24) is 10.2 Å². The van der Waals surface area contributed by atoms with Gasteiger partial charge < -0.3 is 14.1 Å². The lowest BCUT2D eigenvalue weighted by atomic mass is 10.1. The third kappa shape index (κ3) is 5.84. The fourth-order valence-corrected chi connectivity index (χ4v) is 3.38. The summed E-state index contributed by atoms with van der Waals surface area (Å²) in [6.45, 7) is 4.46. The molecule has 0 spiro atoms. The first-order valence-electron chi connectivity index (χ1n) is 9.44. The van der Waals surface area contributed by atoms with Gasteiger partial charge in [0, 0.05) is 12.2 Å². The van der Waals surface area contributed by atoms with E-state index in [2.05, 4.69) is 16.3 Å². The first-order valence-corrected chi connectivity index (χ1v) is 10.4. The molecule has 0 saturated carbocycles. The van der Waals surface area contributed by atoms with Crippen LogP contribution >= 0.6 is 11.8 Å². The average Bonchev–Trinajstić information content (AvgIpc) is 3.22. The lowest BCUT2D eigenvalue weighted by Gasteiger charge is -2.21. The molecule has 0 unspecified atom stereocenters. The van der Waals surface area contributed by atoms with Crippen LogP contribution in [0.5, 0.6) is 5.75 Å². The number of hydrogen-bond acceptors (Lipinski definition) is 7. The lowest BCUT2D eigenvalue weighted by Crippen LogP contribution is -2.33. The number of carbonyl (C=O) groups is 1. The van der Waals surface area contributed by atoms with Crippen LogP contribution in [0.4, 0.5) is 5.69 Å². The van der Waals surface area contributed by atoms with Crippen LogP contribution in [0.1, 0.15) is 23.4 Å². The van der Waals surface area contributed by atoms with Crippen molar-refractivity contribution in [3.05, 3.63) is 65.5 Å². The van der Waals surface area contributed by atoms with Crippen molar-refractivity contribution < 1.29 is 13.9 Å². The van der Waals surface area contributed by atoms with Gasteiger partial charge in [-0.05, 0) is 43.2 Å². The zero-order valence-corrected chi connectivity index (χ0v) is 17.7. The fourth-order valence-electron chi connectivity index (χ4n) is 2.73. The normalized spacial score (nSPS) is 10.4. The van der Waals surface area contributed by atoms with Gasteiger partial charge in [0.15, 0.2) is 6.61 Å². The van der Waals surface area contributed by atoms with Crippen LogP contribution in [-0.2, 0) is 11.4 Å². The van der Waals surface area contributed by atoms with Crippen LogP contribution in [0.15, 0.2) is 58.2 Å². The zero-order chi connectivity index (χ0) is 21.3. The molecule has 1 heterocycles. The van der Waals surface area contributed by atoms with E-state index in [0.717, 1.165) is 34.3 Å². The van der Waals surface area contributed by atoms with E-state index in [1.54, 1.807) is 4.90 Å². The third-order valence-electron chi connectivity index (χ3n) is 4.28.